The van der Waals surface area contributed by atoms with Crippen LogP contribution in [0.3, 0.4) is 0 Å². The Morgan fingerprint density at radius 3 is 2.94 bits per heavy atom. The van der Waals surface area contributed by atoms with Gasteiger partial charge in [0.1, 0.15) is 5.82 Å². The molecule has 3 rings (SSSR count). The molecule has 1 heterocycles. The van der Waals surface area contributed by atoms with Crippen LogP contribution in [0.5, 0.6) is 0 Å². The third-order valence-corrected chi connectivity index (χ3v) is 3.17. The van der Waals surface area contributed by atoms with Crippen LogP contribution in [0.1, 0.15) is 22.9 Å². The van der Waals surface area contributed by atoms with E-state index < -0.39 is 0 Å². The summed E-state index contributed by atoms with van der Waals surface area (Å²) in [6, 6.07) is 8.23. The second-order valence-electron chi connectivity index (χ2n) is 3.76. The van der Waals surface area contributed by atoms with E-state index in [1.807, 2.05) is 24.4 Å². The summed E-state index contributed by atoms with van der Waals surface area (Å²) >= 11 is 5.33. The molecule has 0 spiro atoms. The minimum Gasteiger partial charge on any atom is -0.348 e. The van der Waals surface area contributed by atoms with Crippen LogP contribution >= 0.6 is 12.2 Å². The number of H-pyrrole nitrogens is 1. The molecule has 16 heavy (non-hydrogen) atoms. The van der Waals surface area contributed by atoms with Crippen LogP contribution in [0.4, 0.5) is 0 Å². The van der Waals surface area contributed by atoms with Crippen molar-refractivity contribution >= 4 is 17.1 Å². The van der Waals surface area contributed by atoms with Gasteiger partial charge in [0, 0.05) is 17.3 Å². The van der Waals surface area contributed by atoms with Crippen molar-refractivity contribution in [3.63, 3.8) is 0 Å². The molecule has 2 aromatic rings. The molecule has 0 amide bonds. The second kappa shape index (κ2) is 3.68. The second-order valence-corrected chi connectivity index (χ2v) is 4.20. The minimum atomic E-state index is 0.192. The summed E-state index contributed by atoms with van der Waals surface area (Å²) in [6.45, 7) is 0. The van der Waals surface area contributed by atoms with Crippen LogP contribution in [-0.2, 0) is 0 Å². The molecule has 1 unspecified atom stereocenters. The van der Waals surface area contributed by atoms with E-state index in [4.69, 9.17) is 12.2 Å². The zero-order valence-electron chi connectivity index (χ0n) is 8.55. The van der Waals surface area contributed by atoms with Crippen molar-refractivity contribution in [1.29, 1.82) is 0 Å². The van der Waals surface area contributed by atoms with Crippen LogP contribution in [-0.4, -0.2) is 14.8 Å². The van der Waals surface area contributed by atoms with E-state index in [2.05, 4.69) is 28.2 Å². The fourth-order valence-corrected chi connectivity index (χ4v) is 2.32. The number of nitrogens with one attached hydrogen (secondary N) is 1. The highest BCUT2D eigenvalue weighted by Crippen LogP contribution is 2.30. The van der Waals surface area contributed by atoms with Crippen molar-refractivity contribution in [2.24, 2.45) is 0 Å². The average Bonchev–Trinajstić information content (AvgIpc) is 2.83. The SMILES string of the molecule is S=C1C=CC(c2ncc[nH]2)c2ccccc21. The van der Waals surface area contributed by atoms with E-state index in [-0.39, 0.29) is 5.92 Å². The monoisotopic (exact) mass is 226 g/mol. The van der Waals surface area contributed by atoms with Crippen LogP contribution in [0.25, 0.3) is 0 Å². The Balaban J connectivity index is 2.16. The topological polar surface area (TPSA) is 28.7 Å². The van der Waals surface area contributed by atoms with Crippen molar-refractivity contribution in [3.8, 4) is 0 Å². The van der Waals surface area contributed by atoms with Crippen LogP contribution in [0.2, 0.25) is 0 Å². The summed E-state index contributed by atoms with van der Waals surface area (Å²) in [4.78, 5) is 8.37. The Morgan fingerprint density at radius 1 is 1.25 bits per heavy atom. The summed E-state index contributed by atoms with van der Waals surface area (Å²) in [6.07, 6.45) is 7.71. The number of fused-ring (bicyclic) bond motifs is 1. The fraction of sp³-hybridized carbons (Fsp3) is 0.0769. The van der Waals surface area contributed by atoms with Crippen molar-refractivity contribution in [2.75, 3.05) is 0 Å². The lowest BCUT2D eigenvalue weighted by atomic mass is 9.87. The summed E-state index contributed by atoms with van der Waals surface area (Å²) in [7, 11) is 0. The maximum absolute atomic E-state index is 5.33. The van der Waals surface area contributed by atoms with E-state index in [0.29, 0.717) is 0 Å². The zero-order valence-corrected chi connectivity index (χ0v) is 9.37. The summed E-state index contributed by atoms with van der Waals surface area (Å²) < 4.78 is 0. The van der Waals surface area contributed by atoms with Crippen molar-refractivity contribution in [1.82, 2.24) is 9.97 Å². The van der Waals surface area contributed by atoms with Crippen LogP contribution < -0.4 is 0 Å². The van der Waals surface area contributed by atoms with E-state index in [0.717, 1.165) is 16.3 Å². The van der Waals surface area contributed by atoms with Gasteiger partial charge in [0.2, 0.25) is 0 Å². The molecule has 1 N–H and O–H groups in total. The van der Waals surface area contributed by atoms with Gasteiger partial charge < -0.3 is 4.98 Å². The maximum Gasteiger partial charge on any atom is 0.117 e. The van der Waals surface area contributed by atoms with Crippen LogP contribution in [0.15, 0.2) is 48.8 Å². The molecule has 0 saturated heterocycles. The lowest BCUT2D eigenvalue weighted by Crippen LogP contribution is -2.11. The molecule has 0 aliphatic heterocycles. The number of imidazole rings is 1. The van der Waals surface area contributed by atoms with Gasteiger partial charge in [-0.3, -0.25) is 0 Å². The van der Waals surface area contributed by atoms with E-state index in [1.54, 1.807) is 6.20 Å². The highest BCUT2D eigenvalue weighted by Gasteiger charge is 2.21. The Morgan fingerprint density at radius 2 is 2.12 bits per heavy atom. The standard InChI is InChI=1S/C13H10N2S/c16-12-6-5-11(13-14-7-8-15-13)9-3-1-2-4-10(9)12/h1-8,11H,(H,14,15). The quantitative estimate of drug-likeness (QED) is 0.757. The number of aromatic amines is 1. The molecular formula is C13H10N2S. The predicted molar refractivity (Wildman–Crippen MR) is 67.7 cm³/mol. The number of hydrogen-bond donors (Lipinski definition) is 1. The third-order valence-electron chi connectivity index (χ3n) is 2.82. The summed E-state index contributed by atoms with van der Waals surface area (Å²) in [5, 5.41) is 0. The first-order chi connectivity index (χ1) is 7.86. The molecule has 1 aliphatic carbocycles. The molecule has 1 atom stereocenters. The van der Waals surface area contributed by atoms with Crippen molar-refractivity contribution < 1.29 is 0 Å². The lowest BCUT2D eigenvalue weighted by molar-refractivity contribution is 0.910. The Labute approximate surface area is 99.0 Å². The Bertz CT molecular complexity index is 555. The first-order valence-corrected chi connectivity index (χ1v) is 5.58. The van der Waals surface area contributed by atoms with Gasteiger partial charge >= 0.3 is 0 Å². The summed E-state index contributed by atoms with van der Waals surface area (Å²) in [5.74, 6) is 1.16. The molecular weight excluding hydrogens is 216 g/mol. The molecule has 0 radical (unpaired) electrons. The largest absolute Gasteiger partial charge is 0.348 e. The minimum absolute atomic E-state index is 0.192. The molecule has 0 fully saturated rings. The zero-order chi connectivity index (χ0) is 11.0. The van der Waals surface area contributed by atoms with Gasteiger partial charge in [0.15, 0.2) is 0 Å². The highest BCUT2D eigenvalue weighted by molar-refractivity contribution is 7.81. The summed E-state index contributed by atoms with van der Waals surface area (Å²) in [5.41, 5.74) is 2.37. The van der Waals surface area contributed by atoms with Gasteiger partial charge in [-0.05, 0) is 17.2 Å². The molecule has 1 aliphatic rings. The van der Waals surface area contributed by atoms with Gasteiger partial charge in [0.05, 0.1) is 5.92 Å². The Kier molecular flexibility index (Phi) is 2.18. The van der Waals surface area contributed by atoms with Crippen molar-refractivity contribution in [2.45, 2.75) is 5.92 Å². The van der Waals surface area contributed by atoms with Gasteiger partial charge in [0.25, 0.3) is 0 Å². The average molecular weight is 226 g/mol. The normalized spacial score (nSPS) is 18.5. The van der Waals surface area contributed by atoms with Crippen LogP contribution in [0, 0.1) is 0 Å². The molecule has 0 bridgehead atoms. The number of thiocarbonyl (C=S) groups is 1. The lowest BCUT2D eigenvalue weighted by Gasteiger charge is -2.19. The number of allylic oxidation sites excluding steroid dienone is 2. The molecule has 3 heteroatoms. The number of benzene rings is 1. The first kappa shape index (κ1) is 9.48. The maximum atomic E-state index is 5.33. The molecule has 1 aromatic heterocycles. The molecule has 2 nitrogen and oxygen atoms in total. The first-order valence-electron chi connectivity index (χ1n) is 5.17. The third kappa shape index (κ3) is 1.41. The van der Waals surface area contributed by atoms with E-state index in [9.17, 15) is 0 Å². The number of hydrogen-bond acceptors (Lipinski definition) is 2. The molecule has 78 valence electrons. The van der Waals surface area contributed by atoms with E-state index >= 15 is 0 Å². The molecule has 0 saturated carbocycles. The number of nitrogens with zero attached hydrogens (tertiary/aromatic N) is 1. The van der Waals surface area contributed by atoms with Gasteiger partial charge in [-0.1, -0.05) is 42.6 Å². The van der Waals surface area contributed by atoms with Crippen molar-refractivity contribution in [3.05, 3.63) is 65.8 Å². The number of rotatable bonds is 1. The molecule has 1 aromatic carbocycles. The Hall–Kier alpha value is -1.74. The van der Waals surface area contributed by atoms with Gasteiger partial charge in [-0.25, -0.2) is 4.98 Å². The van der Waals surface area contributed by atoms with E-state index in [1.165, 1.54) is 5.56 Å². The highest BCUT2D eigenvalue weighted by atomic mass is 32.1. The van der Waals surface area contributed by atoms with Gasteiger partial charge in [-0.2, -0.15) is 0 Å². The number of aromatic nitrogens is 2. The predicted octanol–water partition coefficient (Wildman–Crippen LogP) is 2.83. The van der Waals surface area contributed by atoms with Gasteiger partial charge in [-0.15, -0.1) is 0 Å². The smallest absolute Gasteiger partial charge is 0.117 e. The fourth-order valence-electron chi connectivity index (χ4n) is 2.06.